The van der Waals surface area contributed by atoms with Crippen LogP contribution in [0.2, 0.25) is 0 Å². The Labute approximate surface area is 147 Å². The van der Waals surface area contributed by atoms with Crippen molar-refractivity contribution in [1.29, 1.82) is 0 Å². The molecule has 1 N–H and O–H groups in total. The first kappa shape index (κ1) is 17.4. The number of piperidine rings is 1. The SMILES string of the molecule is CN1CCC(O)(C(CN2CCOCC2)c2cccc(Br)c2)CC1. The molecular weight excluding hydrogens is 356 g/mol. The number of likely N-dealkylation sites (tertiary alicyclic amines) is 1. The van der Waals surface area contributed by atoms with Gasteiger partial charge >= 0.3 is 0 Å². The number of hydrogen-bond donors (Lipinski definition) is 1. The zero-order valence-electron chi connectivity index (χ0n) is 13.9. The Balaban J connectivity index is 1.83. The molecule has 4 nitrogen and oxygen atoms in total. The fraction of sp³-hybridized carbons (Fsp3) is 0.667. The first-order valence-electron chi connectivity index (χ1n) is 8.53. The van der Waals surface area contributed by atoms with Crippen molar-refractivity contribution in [3.05, 3.63) is 34.3 Å². The molecule has 23 heavy (non-hydrogen) atoms. The molecule has 1 unspecified atom stereocenters. The van der Waals surface area contributed by atoms with Crippen LogP contribution in [-0.2, 0) is 4.74 Å². The number of rotatable bonds is 4. The van der Waals surface area contributed by atoms with Crippen molar-refractivity contribution in [1.82, 2.24) is 9.80 Å². The summed E-state index contributed by atoms with van der Waals surface area (Å²) in [7, 11) is 2.13. The molecular formula is C18H27BrN2O2. The van der Waals surface area contributed by atoms with Crippen LogP contribution >= 0.6 is 15.9 Å². The fourth-order valence-corrected chi connectivity index (χ4v) is 4.12. The molecule has 0 aromatic heterocycles. The van der Waals surface area contributed by atoms with Crippen molar-refractivity contribution in [2.45, 2.75) is 24.4 Å². The Morgan fingerprint density at radius 3 is 2.57 bits per heavy atom. The van der Waals surface area contributed by atoms with Crippen molar-refractivity contribution in [3.63, 3.8) is 0 Å². The normalized spacial score (nSPS) is 24.5. The highest BCUT2D eigenvalue weighted by atomic mass is 79.9. The van der Waals surface area contributed by atoms with Crippen LogP contribution in [0, 0.1) is 0 Å². The maximum absolute atomic E-state index is 11.4. The Kier molecular flexibility index (Phi) is 5.75. The van der Waals surface area contributed by atoms with Crippen LogP contribution in [0.1, 0.15) is 24.3 Å². The molecule has 2 saturated heterocycles. The summed E-state index contributed by atoms with van der Waals surface area (Å²) in [5.41, 5.74) is 0.615. The molecule has 1 atom stereocenters. The average Bonchev–Trinajstić information content (AvgIpc) is 2.56. The van der Waals surface area contributed by atoms with Crippen LogP contribution in [-0.4, -0.2) is 73.5 Å². The van der Waals surface area contributed by atoms with Gasteiger partial charge in [-0.15, -0.1) is 0 Å². The minimum atomic E-state index is -0.619. The van der Waals surface area contributed by atoms with Gasteiger partial charge in [0.1, 0.15) is 0 Å². The zero-order valence-corrected chi connectivity index (χ0v) is 15.5. The van der Waals surface area contributed by atoms with Crippen LogP contribution in [0.3, 0.4) is 0 Å². The van der Waals surface area contributed by atoms with Crippen LogP contribution < -0.4 is 0 Å². The molecule has 5 heteroatoms. The molecule has 1 aromatic carbocycles. The summed E-state index contributed by atoms with van der Waals surface area (Å²) >= 11 is 3.58. The lowest BCUT2D eigenvalue weighted by Gasteiger charge is -2.44. The van der Waals surface area contributed by atoms with E-state index in [1.54, 1.807) is 0 Å². The summed E-state index contributed by atoms with van der Waals surface area (Å²) in [5, 5.41) is 11.4. The Bertz CT molecular complexity index is 511. The van der Waals surface area contributed by atoms with Crippen LogP contribution in [0.5, 0.6) is 0 Å². The predicted molar refractivity (Wildman–Crippen MR) is 95.8 cm³/mol. The van der Waals surface area contributed by atoms with E-state index < -0.39 is 5.60 Å². The number of morpholine rings is 1. The van der Waals surface area contributed by atoms with Gasteiger partial charge in [-0.05, 0) is 37.6 Å². The minimum absolute atomic E-state index is 0.145. The molecule has 0 bridgehead atoms. The standard InChI is InChI=1S/C18H27BrN2O2/c1-20-7-5-18(22,6-8-20)17(14-21-9-11-23-12-10-21)15-3-2-4-16(19)13-15/h2-4,13,17,22H,5-12,14H2,1H3. The number of aliphatic hydroxyl groups is 1. The molecule has 2 aliphatic heterocycles. The Hall–Kier alpha value is -0.460. The Morgan fingerprint density at radius 2 is 1.91 bits per heavy atom. The van der Waals surface area contributed by atoms with Gasteiger partial charge < -0.3 is 14.7 Å². The number of halogens is 1. The maximum Gasteiger partial charge on any atom is 0.0752 e. The molecule has 1 aromatic rings. The van der Waals surface area contributed by atoms with Gasteiger partial charge in [-0.1, -0.05) is 28.1 Å². The first-order valence-corrected chi connectivity index (χ1v) is 9.33. The van der Waals surface area contributed by atoms with Gasteiger partial charge in [0.2, 0.25) is 0 Å². The predicted octanol–water partition coefficient (Wildman–Crippen LogP) is 2.32. The molecule has 128 valence electrons. The largest absolute Gasteiger partial charge is 0.389 e. The quantitative estimate of drug-likeness (QED) is 0.866. The van der Waals surface area contributed by atoms with Crippen LogP contribution in [0.4, 0.5) is 0 Å². The van der Waals surface area contributed by atoms with E-state index in [0.717, 1.165) is 63.3 Å². The van der Waals surface area contributed by atoms with E-state index >= 15 is 0 Å². The van der Waals surface area contributed by atoms with Gasteiger partial charge in [-0.3, -0.25) is 4.90 Å². The lowest BCUT2D eigenvalue weighted by Crippen LogP contribution is -2.51. The maximum atomic E-state index is 11.4. The summed E-state index contributed by atoms with van der Waals surface area (Å²) in [5.74, 6) is 0.145. The number of benzene rings is 1. The van der Waals surface area contributed by atoms with Gasteiger partial charge in [0.15, 0.2) is 0 Å². The second-order valence-electron chi connectivity index (χ2n) is 6.93. The highest BCUT2D eigenvalue weighted by molar-refractivity contribution is 9.10. The second kappa shape index (κ2) is 7.62. The third-order valence-corrected chi connectivity index (χ3v) is 5.79. The van der Waals surface area contributed by atoms with Crippen molar-refractivity contribution >= 4 is 15.9 Å². The van der Waals surface area contributed by atoms with Crippen molar-refractivity contribution in [3.8, 4) is 0 Å². The van der Waals surface area contributed by atoms with E-state index in [2.05, 4.69) is 51.0 Å². The molecule has 0 aliphatic carbocycles. The van der Waals surface area contributed by atoms with Crippen LogP contribution in [0.25, 0.3) is 0 Å². The van der Waals surface area contributed by atoms with E-state index in [-0.39, 0.29) is 5.92 Å². The van der Waals surface area contributed by atoms with E-state index in [4.69, 9.17) is 4.74 Å². The highest BCUT2D eigenvalue weighted by Gasteiger charge is 2.40. The van der Waals surface area contributed by atoms with Gasteiger partial charge in [-0.25, -0.2) is 0 Å². The fourth-order valence-electron chi connectivity index (χ4n) is 3.71. The third-order valence-electron chi connectivity index (χ3n) is 5.30. The second-order valence-corrected chi connectivity index (χ2v) is 7.84. The van der Waals surface area contributed by atoms with Crippen molar-refractivity contribution < 1.29 is 9.84 Å². The summed E-state index contributed by atoms with van der Waals surface area (Å²) in [4.78, 5) is 4.74. The molecule has 3 rings (SSSR count). The summed E-state index contributed by atoms with van der Waals surface area (Å²) < 4.78 is 6.55. The molecule has 0 saturated carbocycles. The van der Waals surface area contributed by atoms with Crippen LogP contribution in [0.15, 0.2) is 28.7 Å². The smallest absolute Gasteiger partial charge is 0.0752 e. The number of hydrogen-bond acceptors (Lipinski definition) is 4. The molecule has 0 radical (unpaired) electrons. The summed E-state index contributed by atoms with van der Waals surface area (Å²) in [6.07, 6.45) is 1.68. The molecule has 0 amide bonds. The van der Waals surface area contributed by atoms with Gasteiger partial charge in [-0.2, -0.15) is 0 Å². The molecule has 2 heterocycles. The average molecular weight is 383 g/mol. The van der Waals surface area contributed by atoms with E-state index in [9.17, 15) is 5.11 Å². The van der Waals surface area contributed by atoms with Crippen molar-refractivity contribution in [2.75, 3.05) is 53.0 Å². The lowest BCUT2D eigenvalue weighted by atomic mass is 9.75. The minimum Gasteiger partial charge on any atom is -0.389 e. The Morgan fingerprint density at radius 1 is 1.22 bits per heavy atom. The van der Waals surface area contributed by atoms with E-state index in [0.29, 0.717) is 0 Å². The summed E-state index contributed by atoms with van der Waals surface area (Å²) in [6, 6.07) is 8.45. The lowest BCUT2D eigenvalue weighted by molar-refractivity contribution is -0.0537. The number of nitrogens with zero attached hydrogens (tertiary/aromatic N) is 2. The van der Waals surface area contributed by atoms with E-state index in [1.807, 2.05) is 6.07 Å². The van der Waals surface area contributed by atoms with E-state index in [1.165, 1.54) is 5.56 Å². The zero-order chi connectivity index (χ0) is 16.3. The molecule has 0 spiro atoms. The monoisotopic (exact) mass is 382 g/mol. The van der Waals surface area contributed by atoms with Gasteiger partial charge in [0.05, 0.1) is 18.8 Å². The van der Waals surface area contributed by atoms with Crippen molar-refractivity contribution in [2.24, 2.45) is 0 Å². The summed E-state index contributed by atoms with van der Waals surface area (Å²) in [6.45, 7) is 6.34. The molecule has 2 fully saturated rings. The van der Waals surface area contributed by atoms with Gasteiger partial charge in [0, 0.05) is 43.1 Å². The molecule has 2 aliphatic rings. The third kappa shape index (κ3) is 4.34. The highest BCUT2D eigenvalue weighted by Crippen LogP contribution is 2.38. The number of ether oxygens (including phenoxy) is 1. The topological polar surface area (TPSA) is 35.9 Å². The van der Waals surface area contributed by atoms with Gasteiger partial charge in [0.25, 0.3) is 0 Å². The first-order chi connectivity index (χ1) is 11.1.